The van der Waals surface area contributed by atoms with Crippen LogP contribution in [-0.2, 0) is 14.6 Å². The Hall–Kier alpha value is 0.460. The molecule has 0 aliphatic carbocycles. The molecular weight excluding hydrogens is 180 g/mol. The van der Waals surface area contributed by atoms with Crippen LogP contribution in [-0.4, -0.2) is 28.9 Å². The molecule has 0 amide bonds. The number of hydrogen-bond acceptors (Lipinski definition) is 3. The summed E-state index contributed by atoms with van der Waals surface area (Å²) in [5.74, 6) is 0.644. The summed E-state index contributed by atoms with van der Waals surface area (Å²) in [4.78, 5) is 0. The molecule has 4 heteroatoms. The minimum Gasteiger partial charge on any atom is -0.384 e. The molecule has 0 aromatic heterocycles. The smallest absolute Gasteiger partial charge is 0.0829 e. The molecule has 68 valence electrons. The van der Waals surface area contributed by atoms with Crippen LogP contribution in [0.3, 0.4) is 0 Å². The first-order valence-corrected chi connectivity index (χ1v) is 6.46. The van der Waals surface area contributed by atoms with Crippen molar-refractivity contribution in [2.24, 2.45) is 0 Å². The first-order valence-electron chi connectivity index (χ1n) is 3.75. The van der Waals surface area contributed by atoms with E-state index in [1.165, 1.54) is 10.8 Å². The number of rotatable bonds is 6. The first kappa shape index (κ1) is 11.5. The van der Waals surface area contributed by atoms with Crippen LogP contribution in [0.15, 0.2) is 0 Å². The molecule has 0 saturated heterocycles. The van der Waals surface area contributed by atoms with Gasteiger partial charge in [-0.25, -0.2) is 4.21 Å². The Labute approximate surface area is 74.9 Å². The van der Waals surface area contributed by atoms with E-state index in [1.54, 1.807) is 7.11 Å². The molecule has 0 rings (SSSR count). The van der Waals surface area contributed by atoms with Crippen LogP contribution in [0, 0.1) is 0 Å². The van der Waals surface area contributed by atoms with Gasteiger partial charge in [-0.05, 0) is 6.42 Å². The Morgan fingerprint density at radius 1 is 1.64 bits per heavy atom. The minimum atomic E-state index is -0.758. The van der Waals surface area contributed by atoms with Crippen molar-refractivity contribution in [1.29, 1.82) is 0 Å². The topological polar surface area (TPSA) is 26.3 Å². The molecule has 0 spiro atoms. The SMILES string of the molecule is CCC(C)SS(=O)CCOC. The summed E-state index contributed by atoms with van der Waals surface area (Å²) in [7, 11) is 2.40. The maximum Gasteiger partial charge on any atom is 0.0829 e. The highest BCUT2D eigenvalue weighted by Crippen LogP contribution is 2.17. The molecule has 2 unspecified atom stereocenters. The van der Waals surface area contributed by atoms with E-state index < -0.39 is 9.83 Å². The predicted octanol–water partition coefficient (Wildman–Crippen LogP) is 1.83. The lowest BCUT2D eigenvalue weighted by Crippen LogP contribution is -2.04. The van der Waals surface area contributed by atoms with E-state index >= 15 is 0 Å². The highest BCUT2D eigenvalue weighted by Gasteiger charge is 2.05. The van der Waals surface area contributed by atoms with Gasteiger partial charge in [0, 0.05) is 12.4 Å². The zero-order valence-electron chi connectivity index (χ0n) is 7.33. The maximum atomic E-state index is 11.2. The van der Waals surface area contributed by atoms with E-state index in [0.29, 0.717) is 17.6 Å². The van der Waals surface area contributed by atoms with Crippen molar-refractivity contribution in [2.45, 2.75) is 25.5 Å². The van der Waals surface area contributed by atoms with Crippen LogP contribution < -0.4 is 0 Å². The van der Waals surface area contributed by atoms with Gasteiger partial charge in [0.1, 0.15) is 0 Å². The Balaban J connectivity index is 3.36. The summed E-state index contributed by atoms with van der Waals surface area (Å²) < 4.78 is 16.0. The standard InChI is InChI=1S/C7H16O2S2/c1-4-7(2)10-11(8)6-5-9-3/h7H,4-6H2,1-3H3. The Kier molecular flexibility index (Phi) is 7.43. The molecule has 0 aromatic rings. The molecule has 0 N–H and O–H groups in total. The van der Waals surface area contributed by atoms with Gasteiger partial charge >= 0.3 is 0 Å². The summed E-state index contributed by atoms with van der Waals surface area (Å²) in [6.45, 7) is 4.79. The van der Waals surface area contributed by atoms with Gasteiger partial charge in [-0.3, -0.25) is 0 Å². The highest BCUT2D eigenvalue weighted by atomic mass is 33.1. The monoisotopic (exact) mass is 196 g/mol. The molecule has 0 fully saturated rings. The molecule has 0 bridgehead atoms. The van der Waals surface area contributed by atoms with E-state index in [0.717, 1.165) is 6.42 Å². The van der Waals surface area contributed by atoms with Crippen molar-refractivity contribution in [1.82, 2.24) is 0 Å². The third-order valence-electron chi connectivity index (χ3n) is 1.30. The second kappa shape index (κ2) is 7.13. The van der Waals surface area contributed by atoms with Crippen LogP contribution in [0.4, 0.5) is 0 Å². The Bertz CT molecular complexity index is 117. The molecule has 0 radical (unpaired) electrons. The summed E-state index contributed by atoms with van der Waals surface area (Å²) in [5, 5.41) is 0.493. The molecular formula is C7H16O2S2. The van der Waals surface area contributed by atoms with Gasteiger partial charge in [-0.2, -0.15) is 0 Å². The fourth-order valence-electron chi connectivity index (χ4n) is 0.451. The van der Waals surface area contributed by atoms with Crippen LogP contribution >= 0.6 is 10.8 Å². The molecule has 2 nitrogen and oxygen atoms in total. The van der Waals surface area contributed by atoms with E-state index in [1.807, 2.05) is 0 Å². The van der Waals surface area contributed by atoms with Gasteiger partial charge in [0.05, 0.1) is 22.2 Å². The molecule has 0 aliphatic heterocycles. The zero-order chi connectivity index (χ0) is 8.69. The van der Waals surface area contributed by atoms with Gasteiger partial charge in [0.2, 0.25) is 0 Å². The molecule has 0 heterocycles. The molecule has 11 heavy (non-hydrogen) atoms. The summed E-state index contributed by atoms with van der Waals surface area (Å²) >= 11 is 0. The molecule has 0 aromatic carbocycles. The van der Waals surface area contributed by atoms with Crippen LogP contribution in [0.25, 0.3) is 0 Å². The lowest BCUT2D eigenvalue weighted by molar-refractivity contribution is 0.218. The fourth-order valence-corrected chi connectivity index (χ4v) is 3.35. The molecule has 2 atom stereocenters. The van der Waals surface area contributed by atoms with Crippen molar-refractivity contribution in [3.63, 3.8) is 0 Å². The average molecular weight is 196 g/mol. The van der Waals surface area contributed by atoms with Crippen molar-refractivity contribution in [2.75, 3.05) is 19.5 Å². The van der Waals surface area contributed by atoms with Crippen molar-refractivity contribution >= 4 is 20.6 Å². The largest absolute Gasteiger partial charge is 0.384 e. The Morgan fingerprint density at radius 2 is 2.27 bits per heavy atom. The average Bonchev–Trinajstić information content (AvgIpc) is 2.00. The second-order valence-electron chi connectivity index (χ2n) is 2.32. The van der Waals surface area contributed by atoms with Crippen LogP contribution in [0.5, 0.6) is 0 Å². The lowest BCUT2D eigenvalue weighted by atomic mass is 10.4. The summed E-state index contributed by atoms with van der Waals surface area (Å²) in [6.07, 6.45) is 1.07. The first-order chi connectivity index (χ1) is 5.20. The lowest BCUT2D eigenvalue weighted by Gasteiger charge is -2.06. The number of methoxy groups -OCH3 is 1. The van der Waals surface area contributed by atoms with Gasteiger partial charge in [-0.15, -0.1) is 0 Å². The normalized spacial score (nSPS) is 16.3. The van der Waals surface area contributed by atoms with Gasteiger partial charge < -0.3 is 4.74 Å². The molecule has 0 aliphatic rings. The highest BCUT2D eigenvalue weighted by molar-refractivity contribution is 8.69. The van der Waals surface area contributed by atoms with E-state index in [2.05, 4.69) is 13.8 Å². The molecule has 0 saturated carbocycles. The van der Waals surface area contributed by atoms with Crippen molar-refractivity contribution in [3.8, 4) is 0 Å². The second-order valence-corrected chi connectivity index (χ2v) is 6.02. The van der Waals surface area contributed by atoms with E-state index in [-0.39, 0.29) is 0 Å². The Morgan fingerprint density at radius 3 is 2.73 bits per heavy atom. The minimum absolute atomic E-state index is 0.493. The van der Waals surface area contributed by atoms with E-state index in [9.17, 15) is 4.21 Å². The summed E-state index contributed by atoms with van der Waals surface area (Å²) in [6, 6.07) is 0. The van der Waals surface area contributed by atoms with Gasteiger partial charge in [-0.1, -0.05) is 24.6 Å². The van der Waals surface area contributed by atoms with Crippen molar-refractivity contribution < 1.29 is 8.95 Å². The van der Waals surface area contributed by atoms with Crippen molar-refractivity contribution in [3.05, 3.63) is 0 Å². The number of hydrogen-bond donors (Lipinski definition) is 0. The quantitative estimate of drug-likeness (QED) is 0.606. The third kappa shape index (κ3) is 6.84. The van der Waals surface area contributed by atoms with E-state index in [4.69, 9.17) is 4.74 Å². The summed E-state index contributed by atoms with van der Waals surface area (Å²) in [5.41, 5.74) is 0. The van der Waals surface area contributed by atoms with Crippen LogP contribution in [0.1, 0.15) is 20.3 Å². The predicted molar refractivity (Wildman–Crippen MR) is 52.2 cm³/mol. The number of ether oxygens (including phenoxy) is 1. The van der Waals surface area contributed by atoms with Crippen LogP contribution in [0.2, 0.25) is 0 Å². The third-order valence-corrected chi connectivity index (χ3v) is 4.81. The van der Waals surface area contributed by atoms with Gasteiger partial charge in [0.15, 0.2) is 0 Å². The maximum absolute atomic E-state index is 11.2. The van der Waals surface area contributed by atoms with Gasteiger partial charge in [0.25, 0.3) is 0 Å². The fraction of sp³-hybridized carbons (Fsp3) is 1.00. The zero-order valence-corrected chi connectivity index (χ0v) is 8.96.